The quantitative estimate of drug-likeness (QED) is 0.367. The van der Waals surface area contributed by atoms with Crippen molar-refractivity contribution in [2.75, 3.05) is 18.8 Å². The van der Waals surface area contributed by atoms with E-state index in [9.17, 15) is 19.1 Å². The van der Waals surface area contributed by atoms with Gasteiger partial charge in [-0.05, 0) is 35.9 Å². The minimum atomic E-state index is -0.959. The van der Waals surface area contributed by atoms with Crippen LogP contribution in [0.2, 0.25) is 0 Å². The van der Waals surface area contributed by atoms with E-state index in [1.165, 1.54) is 24.1 Å². The minimum Gasteiger partial charge on any atom is -0.507 e. The summed E-state index contributed by atoms with van der Waals surface area (Å²) in [6.07, 6.45) is 0. The summed E-state index contributed by atoms with van der Waals surface area (Å²) in [5.74, 6) is -1.76. The van der Waals surface area contributed by atoms with E-state index in [4.69, 9.17) is 14.2 Å². The first-order valence-electron chi connectivity index (χ1n) is 10.1. The number of fused-ring (bicyclic) bond motifs is 1. The van der Waals surface area contributed by atoms with Crippen LogP contribution in [0.1, 0.15) is 17.2 Å². The van der Waals surface area contributed by atoms with Crippen LogP contribution in [-0.2, 0) is 9.59 Å². The Morgan fingerprint density at radius 2 is 1.79 bits per heavy atom. The maximum atomic E-state index is 14.0. The summed E-state index contributed by atoms with van der Waals surface area (Å²) in [7, 11) is 1.36. The topological polar surface area (TPSA) is 85.3 Å². The smallest absolute Gasteiger partial charge is 0.300 e. The number of ether oxygens (including phenoxy) is 3. The number of nitrogens with zero attached hydrogens (tertiary/aromatic N) is 1. The van der Waals surface area contributed by atoms with Crippen LogP contribution >= 0.6 is 0 Å². The Hall–Kier alpha value is -4.33. The predicted molar refractivity (Wildman–Crippen MR) is 117 cm³/mol. The third-order valence-corrected chi connectivity index (χ3v) is 5.61. The highest BCUT2D eigenvalue weighted by atomic mass is 19.1. The standard InChI is InChI=1S/C25H18FNO6/c1-31-18-9-7-15(26)11-17(18)23(28)21-22(14-5-3-2-4-6-14)27(25(30)24(21)29)16-8-10-19-20(12-16)33-13-32-19/h2-12,22,28H,13H2,1H3/b23-21+. The number of methoxy groups -OCH3 is 1. The van der Waals surface area contributed by atoms with Gasteiger partial charge >= 0.3 is 0 Å². The van der Waals surface area contributed by atoms with Gasteiger partial charge in [-0.2, -0.15) is 0 Å². The van der Waals surface area contributed by atoms with Gasteiger partial charge in [-0.15, -0.1) is 0 Å². The second-order valence-corrected chi connectivity index (χ2v) is 7.46. The third kappa shape index (κ3) is 3.36. The van der Waals surface area contributed by atoms with Crippen molar-refractivity contribution in [2.24, 2.45) is 0 Å². The lowest BCUT2D eigenvalue weighted by Gasteiger charge is -2.25. The number of aliphatic hydroxyl groups is 1. The highest BCUT2D eigenvalue weighted by Gasteiger charge is 2.47. The van der Waals surface area contributed by atoms with Gasteiger partial charge in [0.2, 0.25) is 6.79 Å². The molecule has 0 aromatic heterocycles. The normalized spacial score (nSPS) is 18.6. The Morgan fingerprint density at radius 3 is 2.55 bits per heavy atom. The van der Waals surface area contributed by atoms with Crippen molar-refractivity contribution in [3.05, 3.63) is 89.2 Å². The highest BCUT2D eigenvalue weighted by molar-refractivity contribution is 6.51. The lowest BCUT2D eigenvalue weighted by molar-refractivity contribution is -0.132. The average Bonchev–Trinajstić information content (AvgIpc) is 3.41. The molecule has 3 aromatic carbocycles. The molecule has 2 aliphatic heterocycles. The summed E-state index contributed by atoms with van der Waals surface area (Å²) < 4.78 is 30.0. The minimum absolute atomic E-state index is 0.0258. The van der Waals surface area contributed by atoms with E-state index >= 15 is 0 Å². The number of anilines is 1. The van der Waals surface area contributed by atoms with Crippen LogP contribution < -0.4 is 19.1 Å². The summed E-state index contributed by atoms with van der Waals surface area (Å²) in [6.45, 7) is 0.0546. The Kier molecular flexibility index (Phi) is 4.97. The van der Waals surface area contributed by atoms with E-state index in [0.29, 0.717) is 22.7 Å². The van der Waals surface area contributed by atoms with Gasteiger partial charge in [0, 0.05) is 11.8 Å². The molecule has 5 rings (SSSR count). The first-order valence-corrected chi connectivity index (χ1v) is 10.1. The van der Waals surface area contributed by atoms with Crippen LogP contribution in [0.5, 0.6) is 17.2 Å². The van der Waals surface area contributed by atoms with E-state index in [-0.39, 0.29) is 23.7 Å². The van der Waals surface area contributed by atoms with Gasteiger partial charge < -0.3 is 19.3 Å². The van der Waals surface area contributed by atoms with Crippen molar-refractivity contribution in [1.82, 2.24) is 0 Å². The lowest BCUT2D eigenvalue weighted by atomic mass is 9.95. The van der Waals surface area contributed by atoms with Crippen molar-refractivity contribution >= 4 is 23.1 Å². The number of carbonyl (C=O) groups excluding carboxylic acids is 2. The number of aliphatic hydroxyl groups excluding tert-OH is 1. The van der Waals surface area contributed by atoms with Crippen LogP contribution in [0.4, 0.5) is 10.1 Å². The molecule has 0 radical (unpaired) electrons. The lowest BCUT2D eigenvalue weighted by Crippen LogP contribution is -2.29. The molecule has 0 aliphatic carbocycles. The van der Waals surface area contributed by atoms with Gasteiger partial charge in [0.05, 0.1) is 24.3 Å². The fraction of sp³-hybridized carbons (Fsp3) is 0.120. The summed E-state index contributed by atoms with van der Waals surface area (Å²) in [4.78, 5) is 27.7. The molecule has 0 bridgehead atoms. The summed E-state index contributed by atoms with van der Waals surface area (Å²) in [5.41, 5.74) is 0.779. The van der Waals surface area contributed by atoms with E-state index in [2.05, 4.69) is 0 Å². The first kappa shape index (κ1) is 20.6. The molecule has 1 N–H and O–H groups in total. The van der Waals surface area contributed by atoms with Crippen molar-refractivity contribution in [2.45, 2.75) is 6.04 Å². The Labute approximate surface area is 188 Å². The molecule has 3 aromatic rings. The molecule has 1 amide bonds. The zero-order valence-corrected chi connectivity index (χ0v) is 17.4. The van der Waals surface area contributed by atoms with Gasteiger partial charge in [-0.1, -0.05) is 30.3 Å². The van der Waals surface area contributed by atoms with E-state index in [1.54, 1.807) is 48.5 Å². The molecule has 8 heteroatoms. The van der Waals surface area contributed by atoms with Crippen LogP contribution in [-0.4, -0.2) is 30.7 Å². The summed E-state index contributed by atoms with van der Waals surface area (Å²) in [6, 6.07) is 16.3. The SMILES string of the molecule is COc1ccc(F)cc1/C(O)=C1\C(=O)C(=O)N(c2ccc3c(c2)OCO3)C1c1ccccc1. The predicted octanol–water partition coefficient (Wildman–Crippen LogP) is 4.19. The molecular weight excluding hydrogens is 429 g/mol. The van der Waals surface area contributed by atoms with Crippen molar-refractivity contribution in [3.8, 4) is 17.2 Å². The number of amides is 1. The number of halogens is 1. The molecule has 0 saturated carbocycles. The van der Waals surface area contributed by atoms with Gasteiger partial charge in [0.1, 0.15) is 17.3 Å². The molecule has 2 heterocycles. The number of hydrogen-bond donors (Lipinski definition) is 1. The van der Waals surface area contributed by atoms with E-state index in [1.807, 2.05) is 0 Å². The van der Waals surface area contributed by atoms with Crippen LogP contribution in [0, 0.1) is 5.82 Å². The van der Waals surface area contributed by atoms with Crippen LogP contribution in [0.15, 0.2) is 72.3 Å². The Morgan fingerprint density at radius 1 is 1.03 bits per heavy atom. The number of benzene rings is 3. The van der Waals surface area contributed by atoms with Gasteiger partial charge in [0.15, 0.2) is 11.5 Å². The number of hydrogen-bond acceptors (Lipinski definition) is 6. The maximum absolute atomic E-state index is 14.0. The molecule has 1 unspecified atom stereocenters. The largest absolute Gasteiger partial charge is 0.507 e. The molecule has 1 atom stereocenters. The number of rotatable bonds is 4. The van der Waals surface area contributed by atoms with Crippen molar-refractivity contribution in [1.29, 1.82) is 0 Å². The third-order valence-electron chi connectivity index (χ3n) is 5.61. The number of Topliss-reactive ketones (excluding diaryl/α,β-unsaturated/α-hetero) is 1. The number of ketones is 1. The zero-order valence-electron chi connectivity index (χ0n) is 17.4. The van der Waals surface area contributed by atoms with Gasteiger partial charge in [-0.25, -0.2) is 4.39 Å². The van der Waals surface area contributed by atoms with E-state index in [0.717, 1.165) is 6.07 Å². The molecule has 33 heavy (non-hydrogen) atoms. The fourth-order valence-corrected chi connectivity index (χ4v) is 4.09. The second-order valence-electron chi connectivity index (χ2n) is 7.46. The molecule has 1 saturated heterocycles. The fourth-order valence-electron chi connectivity index (χ4n) is 4.09. The Bertz CT molecular complexity index is 1300. The maximum Gasteiger partial charge on any atom is 0.300 e. The van der Waals surface area contributed by atoms with Gasteiger partial charge in [-0.3, -0.25) is 14.5 Å². The molecule has 2 aliphatic rings. The zero-order chi connectivity index (χ0) is 23.1. The van der Waals surface area contributed by atoms with E-state index < -0.39 is 29.3 Å². The number of carbonyl (C=O) groups is 2. The molecule has 166 valence electrons. The van der Waals surface area contributed by atoms with Crippen molar-refractivity contribution in [3.63, 3.8) is 0 Å². The van der Waals surface area contributed by atoms with Crippen molar-refractivity contribution < 1.29 is 33.3 Å². The molecule has 7 nitrogen and oxygen atoms in total. The first-order chi connectivity index (χ1) is 16.0. The monoisotopic (exact) mass is 447 g/mol. The highest BCUT2D eigenvalue weighted by Crippen LogP contribution is 2.45. The summed E-state index contributed by atoms with van der Waals surface area (Å²) in [5, 5.41) is 11.2. The molecule has 1 fully saturated rings. The van der Waals surface area contributed by atoms with Crippen LogP contribution in [0.3, 0.4) is 0 Å². The molecule has 0 spiro atoms. The van der Waals surface area contributed by atoms with Gasteiger partial charge in [0.25, 0.3) is 11.7 Å². The van der Waals surface area contributed by atoms with Crippen LogP contribution in [0.25, 0.3) is 5.76 Å². The Balaban J connectivity index is 1.73. The summed E-state index contributed by atoms with van der Waals surface area (Å²) >= 11 is 0. The second kappa shape index (κ2) is 7.98. The molecular formula is C25H18FNO6. The average molecular weight is 447 g/mol.